The molecule has 0 atom stereocenters. The van der Waals surface area contributed by atoms with E-state index in [1.807, 2.05) is 6.92 Å². The van der Waals surface area contributed by atoms with Crippen LogP contribution in [0, 0.1) is 0 Å². The molecule has 152 valence electrons. The first kappa shape index (κ1) is 20.8. The fourth-order valence-corrected chi connectivity index (χ4v) is 3.31. The first-order valence-corrected chi connectivity index (χ1v) is 9.90. The third kappa shape index (κ3) is 5.12. The van der Waals surface area contributed by atoms with Crippen molar-refractivity contribution in [3.05, 3.63) is 59.4 Å². The molecule has 1 aromatic heterocycles. The van der Waals surface area contributed by atoms with Crippen molar-refractivity contribution in [3.63, 3.8) is 0 Å². The van der Waals surface area contributed by atoms with Gasteiger partial charge in [-0.1, -0.05) is 31.0 Å². The Bertz CT molecular complexity index is 891. The van der Waals surface area contributed by atoms with Crippen LogP contribution >= 0.6 is 11.6 Å². The quantitative estimate of drug-likeness (QED) is 0.698. The Kier molecular flexibility index (Phi) is 6.82. The maximum atomic E-state index is 12.9. The third-order valence-electron chi connectivity index (χ3n) is 4.72. The second kappa shape index (κ2) is 9.52. The highest BCUT2D eigenvalue weighted by atomic mass is 35.5. The van der Waals surface area contributed by atoms with Gasteiger partial charge >= 0.3 is 0 Å². The zero-order valence-corrected chi connectivity index (χ0v) is 17.0. The maximum Gasteiger partial charge on any atom is 0.255 e. The first-order chi connectivity index (χ1) is 14.0. The van der Waals surface area contributed by atoms with Crippen molar-refractivity contribution in [3.8, 4) is 0 Å². The van der Waals surface area contributed by atoms with Gasteiger partial charge < -0.3 is 9.80 Å². The first-order valence-electron chi connectivity index (χ1n) is 9.52. The zero-order valence-electron chi connectivity index (χ0n) is 16.3. The highest BCUT2D eigenvalue weighted by Crippen LogP contribution is 2.23. The Hall–Kier alpha value is -2.93. The molecule has 0 N–H and O–H groups in total. The summed E-state index contributed by atoms with van der Waals surface area (Å²) < 4.78 is 0. The van der Waals surface area contributed by atoms with Gasteiger partial charge in [-0.15, -0.1) is 0 Å². The van der Waals surface area contributed by atoms with Gasteiger partial charge in [-0.05, 0) is 36.8 Å². The van der Waals surface area contributed by atoms with E-state index in [0.717, 1.165) is 12.8 Å². The number of rotatable bonds is 7. The standard InChI is InChI=1S/C21H23ClN4O3/c1-2-3-10-24(21(29)16-6-5-9-23-12-16)13-19(27)25-14-20(28)26(15-25)18-8-4-7-17(22)11-18/h4-9,11-12H,2-3,10,13-15H2,1H3. The Morgan fingerprint density at radius 3 is 2.76 bits per heavy atom. The smallest absolute Gasteiger partial charge is 0.255 e. The van der Waals surface area contributed by atoms with Crippen molar-refractivity contribution in [2.45, 2.75) is 19.8 Å². The molecule has 0 saturated carbocycles. The van der Waals surface area contributed by atoms with Crippen molar-refractivity contribution < 1.29 is 14.4 Å². The summed E-state index contributed by atoms with van der Waals surface area (Å²) in [6, 6.07) is 10.3. The molecule has 0 radical (unpaired) electrons. The van der Waals surface area contributed by atoms with E-state index >= 15 is 0 Å². The van der Waals surface area contributed by atoms with E-state index < -0.39 is 0 Å². The molecule has 1 fully saturated rings. The SMILES string of the molecule is CCCCN(CC(=O)N1CC(=O)N(c2cccc(Cl)c2)C1)C(=O)c1cccnc1. The highest BCUT2D eigenvalue weighted by molar-refractivity contribution is 6.31. The monoisotopic (exact) mass is 414 g/mol. The van der Waals surface area contributed by atoms with Gasteiger partial charge in [0.2, 0.25) is 11.8 Å². The molecule has 2 aromatic rings. The highest BCUT2D eigenvalue weighted by Gasteiger charge is 2.33. The number of amides is 3. The van der Waals surface area contributed by atoms with E-state index in [1.54, 1.807) is 42.6 Å². The van der Waals surface area contributed by atoms with E-state index in [9.17, 15) is 14.4 Å². The summed E-state index contributed by atoms with van der Waals surface area (Å²) in [6.07, 6.45) is 4.77. The number of pyridine rings is 1. The predicted molar refractivity (Wildman–Crippen MR) is 111 cm³/mol. The Morgan fingerprint density at radius 1 is 1.24 bits per heavy atom. The number of halogens is 1. The summed E-state index contributed by atoms with van der Waals surface area (Å²) in [6.45, 7) is 2.53. The molecule has 1 aliphatic heterocycles. The van der Waals surface area contributed by atoms with Crippen LogP contribution in [0.2, 0.25) is 5.02 Å². The summed E-state index contributed by atoms with van der Waals surface area (Å²) in [7, 11) is 0. The molecule has 7 nitrogen and oxygen atoms in total. The zero-order chi connectivity index (χ0) is 20.8. The van der Waals surface area contributed by atoms with Gasteiger partial charge in [-0.25, -0.2) is 0 Å². The minimum absolute atomic E-state index is 0.0198. The summed E-state index contributed by atoms with van der Waals surface area (Å²) in [5, 5.41) is 0.521. The molecule has 1 aliphatic rings. The van der Waals surface area contributed by atoms with Gasteiger partial charge in [-0.3, -0.25) is 24.3 Å². The number of hydrogen-bond donors (Lipinski definition) is 0. The van der Waals surface area contributed by atoms with Gasteiger partial charge in [0.1, 0.15) is 19.8 Å². The van der Waals surface area contributed by atoms with E-state index in [1.165, 1.54) is 20.9 Å². The molecule has 3 amide bonds. The summed E-state index contributed by atoms with van der Waals surface area (Å²) in [5.74, 6) is -0.687. The van der Waals surface area contributed by atoms with Crippen LogP contribution in [0.3, 0.4) is 0 Å². The maximum absolute atomic E-state index is 12.9. The summed E-state index contributed by atoms with van der Waals surface area (Å²) >= 11 is 6.01. The van der Waals surface area contributed by atoms with E-state index in [-0.39, 0.29) is 37.5 Å². The molecular formula is C21H23ClN4O3. The lowest BCUT2D eigenvalue weighted by Crippen LogP contribution is -2.43. The number of aromatic nitrogens is 1. The average Bonchev–Trinajstić information content (AvgIpc) is 3.13. The number of unbranched alkanes of at least 4 members (excludes halogenated alkanes) is 1. The van der Waals surface area contributed by atoms with Crippen LogP contribution in [0.15, 0.2) is 48.8 Å². The van der Waals surface area contributed by atoms with Gasteiger partial charge in [-0.2, -0.15) is 0 Å². The molecule has 29 heavy (non-hydrogen) atoms. The van der Waals surface area contributed by atoms with Gasteiger partial charge in [0, 0.05) is 29.6 Å². The molecule has 0 spiro atoms. The van der Waals surface area contributed by atoms with Gasteiger partial charge in [0.05, 0.1) is 5.56 Å². The molecule has 0 bridgehead atoms. The number of hydrogen-bond acceptors (Lipinski definition) is 4. The lowest BCUT2D eigenvalue weighted by Gasteiger charge is -2.25. The number of benzene rings is 1. The predicted octanol–water partition coefficient (Wildman–Crippen LogP) is 2.81. The van der Waals surface area contributed by atoms with Gasteiger partial charge in [0.25, 0.3) is 5.91 Å². The normalized spacial score (nSPS) is 13.7. The lowest BCUT2D eigenvalue weighted by molar-refractivity contribution is -0.132. The van der Waals surface area contributed by atoms with Gasteiger partial charge in [0.15, 0.2) is 0 Å². The minimum Gasteiger partial charge on any atom is -0.329 e. The van der Waals surface area contributed by atoms with Crippen LogP contribution in [0.25, 0.3) is 0 Å². The van der Waals surface area contributed by atoms with Crippen molar-refractivity contribution in [2.24, 2.45) is 0 Å². The van der Waals surface area contributed by atoms with Crippen LogP contribution in [-0.2, 0) is 9.59 Å². The van der Waals surface area contributed by atoms with Crippen molar-refractivity contribution in [2.75, 3.05) is 31.2 Å². The van der Waals surface area contributed by atoms with Crippen molar-refractivity contribution in [1.29, 1.82) is 0 Å². The minimum atomic E-state index is -0.267. The molecule has 3 rings (SSSR count). The summed E-state index contributed by atoms with van der Waals surface area (Å²) in [5.41, 5.74) is 1.08. The van der Waals surface area contributed by atoms with E-state index in [4.69, 9.17) is 11.6 Å². The van der Waals surface area contributed by atoms with Crippen molar-refractivity contribution in [1.82, 2.24) is 14.8 Å². The second-order valence-corrected chi connectivity index (χ2v) is 7.29. The Morgan fingerprint density at radius 2 is 2.07 bits per heavy atom. The van der Waals surface area contributed by atoms with Crippen LogP contribution in [0.1, 0.15) is 30.1 Å². The molecule has 2 heterocycles. The molecular weight excluding hydrogens is 392 g/mol. The number of carbonyl (C=O) groups is 3. The van der Waals surface area contributed by atoms with E-state index in [0.29, 0.717) is 22.8 Å². The molecule has 0 unspecified atom stereocenters. The topological polar surface area (TPSA) is 73.8 Å². The molecule has 1 aromatic carbocycles. The number of carbonyl (C=O) groups excluding carboxylic acids is 3. The van der Waals surface area contributed by atoms with Crippen LogP contribution in [0.4, 0.5) is 5.69 Å². The second-order valence-electron chi connectivity index (χ2n) is 6.86. The van der Waals surface area contributed by atoms with Crippen LogP contribution in [-0.4, -0.2) is 58.8 Å². The number of anilines is 1. The Balaban J connectivity index is 1.69. The van der Waals surface area contributed by atoms with Crippen LogP contribution < -0.4 is 4.90 Å². The van der Waals surface area contributed by atoms with E-state index in [2.05, 4.69) is 4.98 Å². The summed E-state index contributed by atoms with van der Waals surface area (Å²) in [4.78, 5) is 46.6. The fourth-order valence-electron chi connectivity index (χ4n) is 3.12. The van der Waals surface area contributed by atoms with Crippen molar-refractivity contribution >= 4 is 35.0 Å². The largest absolute Gasteiger partial charge is 0.329 e. The molecule has 1 saturated heterocycles. The van der Waals surface area contributed by atoms with Crippen LogP contribution in [0.5, 0.6) is 0 Å². The Labute approximate surface area is 174 Å². The average molecular weight is 415 g/mol. The number of nitrogens with zero attached hydrogens (tertiary/aromatic N) is 4. The fraction of sp³-hybridized carbons (Fsp3) is 0.333. The molecule has 8 heteroatoms. The third-order valence-corrected chi connectivity index (χ3v) is 4.95. The molecule has 0 aliphatic carbocycles. The lowest BCUT2D eigenvalue weighted by atomic mass is 10.2.